The van der Waals surface area contributed by atoms with Crippen molar-refractivity contribution in [2.75, 3.05) is 6.54 Å². The molecule has 3 fully saturated rings. The topological polar surface area (TPSA) is 195 Å². The van der Waals surface area contributed by atoms with Gasteiger partial charge in [-0.25, -0.2) is 28.2 Å². The average Bonchev–Trinajstić information content (AvgIpc) is 3.99. The minimum atomic E-state index is -5.06. The number of alkyl halides is 6. The van der Waals surface area contributed by atoms with Crippen molar-refractivity contribution in [3.63, 3.8) is 0 Å². The fourth-order valence-electron chi connectivity index (χ4n) is 8.59. The summed E-state index contributed by atoms with van der Waals surface area (Å²) in [4.78, 5) is 55.7. The standard InChI is InChI=1S/C42H47F6N7O8S/c1-21-14-23-8-6-7-9-25-18-40(25,36(57)54-64(59,60)39(5)12-13-39)53-33(56)30-17-26(20-55(30)29(15-23)31(21)52-37(58)63-38(3,4)42(46,47)48)62-35-32(41(43,44)45)50-27-11-10-24(16-28(27)51-35)34-49-19-22(2)61-34/h7,9-11,15-16,19,21,23,25-26,30-31H,6,8,12-14,17-18,20H2,1-5H3,(H,52,58)(H,53,56)(H,54,57)/b9-7-/t21-,23-,25-,26-,30+,31+,40-/m1/s1. The zero-order chi connectivity index (χ0) is 46.4. The van der Waals surface area contributed by atoms with Crippen LogP contribution in [0.15, 0.2) is 52.7 Å². The number of ether oxygens (including phenoxy) is 2. The van der Waals surface area contributed by atoms with Gasteiger partial charge >= 0.3 is 18.4 Å². The van der Waals surface area contributed by atoms with E-state index in [1.165, 1.54) is 36.2 Å². The van der Waals surface area contributed by atoms with Gasteiger partial charge < -0.3 is 29.4 Å². The first kappa shape index (κ1) is 45.2. The first-order valence-electron chi connectivity index (χ1n) is 20.9. The van der Waals surface area contributed by atoms with Crippen LogP contribution in [0.1, 0.15) is 84.1 Å². The molecule has 22 heteroatoms. The molecule has 3 aliphatic carbocycles. The SMILES string of the molecule is Cc1cnc(-c2ccc3nc(C(F)(F)F)c(O[C@@H]4C[C@H]5C(=O)N[C@]6(C(=O)NS(=O)(=O)C7(C)CC7)C[C@H]6/C=C\CC[C@H]6C=C([C@@H](NC(=O)OC(C)(C)C(F)(F)F)[C@H](C)C6)N5C4)nc3c2)o1. The Balaban J connectivity index is 1.17. The minimum Gasteiger partial charge on any atom is -0.471 e. The number of carbonyl (C=O) groups is 3. The average molecular weight is 924 g/mol. The summed E-state index contributed by atoms with van der Waals surface area (Å²) in [5, 5.41) is 5.33. The van der Waals surface area contributed by atoms with E-state index in [2.05, 4.69) is 30.3 Å². The summed E-state index contributed by atoms with van der Waals surface area (Å²) >= 11 is 0. The van der Waals surface area contributed by atoms with Crippen LogP contribution in [0.25, 0.3) is 22.5 Å². The van der Waals surface area contributed by atoms with Gasteiger partial charge in [-0.2, -0.15) is 26.3 Å². The third kappa shape index (κ3) is 8.60. The van der Waals surface area contributed by atoms with Gasteiger partial charge in [0, 0.05) is 23.6 Å². The molecular formula is C42H47F6N7O8S. The summed E-state index contributed by atoms with van der Waals surface area (Å²) < 4.78 is 129. The maximum atomic E-state index is 14.7. The van der Waals surface area contributed by atoms with Crippen LogP contribution in [0.3, 0.4) is 0 Å². The number of carbonyl (C=O) groups excluding carboxylic acids is 3. The van der Waals surface area contributed by atoms with Crippen LogP contribution < -0.4 is 20.1 Å². The van der Waals surface area contributed by atoms with Crippen LogP contribution in [0, 0.1) is 24.7 Å². The van der Waals surface area contributed by atoms with Gasteiger partial charge in [0.05, 0.1) is 34.6 Å². The molecule has 1 saturated heterocycles. The van der Waals surface area contributed by atoms with Gasteiger partial charge in [-0.15, -0.1) is 0 Å². The number of halogens is 6. The number of nitrogens with one attached hydrogen (secondary N) is 3. The Bertz CT molecular complexity index is 2560. The summed E-state index contributed by atoms with van der Waals surface area (Å²) in [5.74, 6) is -3.26. The van der Waals surface area contributed by atoms with Crippen LogP contribution in [0.4, 0.5) is 31.1 Å². The Morgan fingerprint density at radius 1 is 1.06 bits per heavy atom. The van der Waals surface area contributed by atoms with E-state index in [0.29, 0.717) is 57.3 Å². The van der Waals surface area contributed by atoms with Crippen molar-refractivity contribution >= 4 is 39.0 Å². The molecule has 2 aromatic heterocycles. The number of oxazole rings is 1. The van der Waals surface area contributed by atoms with E-state index in [-0.39, 0.29) is 47.9 Å². The fraction of sp³-hybridized carbons (Fsp3) is 0.571. The minimum absolute atomic E-state index is 0.00182. The van der Waals surface area contributed by atoms with E-state index in [0.717, 1.165) is 0 Å². The second-order valence-corrected chi connectivity index (χ2v) is 20.4. The number of rotatable bonds is 8. The molecule has 2 aliphatic heterocycles. The van der Waals surface area contributed by atoms with E-state index in [1.807, 2.05) is 6.08 Å². The largest absolute Gasteiger partial charge is 0.471 e. The number of hydrogen-bond acceptors (Lipinski definition) is 12. The van der Waals surface area contributed by atoms with Crippen LogP contribution in [0.5, 0.6) is 5.88 Å². The number of fused-ring (bicyclic) bond motifs is 5. The highest BCUT2D eigenvalue weighted by Gasteiger charge is 2.63. The number of amides is 3. The van der Waals surface area contributed by atoms with Gasteiger partial charge in [-0.1, -0.05) is 25.2 Å². The predicted octanol–water partition coefficient (Wildman–Crippen LogP) is 6.63. The molecule has 3 amide bonds. The summed E-state index contributed by atoms with van der Waals surface area (Å²) in [6.07, 6.45) is -3.95. The number of allylic oxidation sites excluding steroid dienone is 2. The smallest absolute Gasteiger partial charge is 0.438 e. The first-order chi connectivity index (χ1) is 29.8. The quantitative estimate of drug-likeness (QED) is 0.162. The highest BCUT2D eigenvalue weighted by molar-refractivity contribution is 7.91. The first-order valence-corrected chi connectivity index (χ1v) is 22.4. The van der Waals surface area contributed by atoms with Crippen molar-refractivity contribution in [1.82, 2.24) is 35.2 Å². The Labute approximate surface area is 363 Å². The third-order valence-electron chi connectivity index (χ3n) is 12.9. The molecule has 3 N–H and O–H groups in total. The van der Waals surface area contributed by atoms with Crippen molar-refractivity contribution in [3.05, 3.63) is 59.8 Å². The second kappa shape index (κ2) is 15.6. The molecule has 346 valence electrons. The normalized spacial score (nSPS) is 28.5. The monoisotopic (exact) mass is 923 g/mol. The van der Waals surface area contributed by atoms with E-state index >= 15 is 0 Å². The number of aryl methyl sites for hydroxylation is 1. The molecule has 2 bridgehead atoms. The molecule has 1 aromatic carbocycles. The zero-order valence-electron chi connectivity index (χ0n) is 35.4. The van der Waals surface area contributed by atoms with E-state index in [9.17, 15) is 49.1 Å². The van der Waals surface area contributed by atoms with Gasteiger partial charge in [0.25, 0.3) is 5.91 Å². The Hall–Kier alpha value is -5.41. The van der Waals surface area contributed by atoms with Crippen molar-refractivity contribution in [3.8, 4) is 17.3 Å². The summed E-state index contributed by atoms with van der Waals surface area (Å²) in [6.45, 7) is 6.01. The molecule has 0 radical (unpaired) electrons. The lowest BCUT2D eigenvalue weighted by Gasteiger charge is -2.41. The number of alkyl carbamates (subject to hydrolysis) is 1. The highest BCUT2D eigenvalue weighted by atomic mass is 32.2. The Morgan fingerprint density at radius 3 is 2.45 bits per heavy atom. The summed E-state index contributed by atoms with van der Waals surface area (Å²) in [6, 6.07) is 1.84. The van der Waals surface area contributed by atoms with E-state index in [1.54, 1.807) is 26.0 Å². The highest BCUT2D eigenvalue weighted by Crippen LogP contribution is 2.48. The van der Waals surface area contributed by atoms with Gasteiger partial charge in [0.2, 0.25) is 39.0 Å². The number of nitrogens with zero attached hydrogens (tertiary/aromatic N) is 4. The zero-order valence-corrected chi connectivity index (χ0v) is 36.2. The lowest BCUT2D eigenvalue weighted by Crippen LogP contribution is -2.58. The van der Waals surface area contributed by atoms with Crippen LogP contribution >= 0.6 is 0 Å². The molecule has 0 spiro atoms. The summed E-state index contributed by atoms with van der Waals surface area (Å²) in [7, 11) is -4.14. The number of hydrogen-bond donors (Lipinski definition) is 3. The molecule has 0 unspecified atom stereocenters. The number of sulfonamides is 1. The maximum absolute atomic E-state index is 14.7. The van der Waals surface area contributed by atoms with E-state index in [4.69, 9.17) is 13.9 Å². The van der Waals surface area contributed by atoms with E-state index < -0.39 is 97.8 Å². The molecule has 2 saturated carbocycles. The Kier molecular flexibility index (Phi) is 11.0. The third-order valence-corrected chi connectivity index (χ3v) is 15.0. The van der Waals surface area contributed by atoms with Gasteiger partial charge in [0.15, 0.2) is 0 Å². The van der Waals surface area contributed by atoms with Gasteiger partial charge in [-0.05, 0) is 96.3 Å². The summed E-state index contributed by atoms with van der Waals surface area (Å²) in [5.41, 5.74) is -5.50. The molecule has 3 aromatic rings. The van der Waals surface area contributed by atoms with Crippen LogP contribution in [-0.4, -0.2) is 93.0 Å². The van der Waals surface area contributed by atoms with Gasteiger partial charge in [-0.3, -0.25) is 14.3 Å². The molecule has 64 heavy (non-hydrogen) atoms. The predicted molar refractivity (Wildman–Crippen MR) is 215 cm³/mol. The second-order valence-electron chi connectivity index (χ2n) is 18.2. The lowest BCUT2D eigenvalue weighted by atomic mass is 9.79. The fourth-order valence-corrected chi connectivity index (χ4v) is 9.91. The number of benzene rings is 1. The van der Waals surface area contributed by atoms with Gasteiger partial charge in [0.1, 0.15) is 23.4 Å². The lowest BCUT2D eigenvalue weighted by molar-refractivity contribution is -0.244. The van der Waals surface area contributed by atoms with Crippen molar-refractivity contribution in [1.29, 1.82) is 0 Å². The van der Waals surface area contributed by atoms with Crippen molar-refractivity contribution < 1.29 is 63.0 Å². The van der Waals surface area contributed by atoms with Crippen molar-refractivity contribution in [2.45, 2.75) is 126 Å². The maximum Gasteiger partial charge on any atom is 0.438 e. The van der Waals surface area contributed by atoms with Crippen LogP contribution in [-0.2, 0) is 30.5 Å². The molecular weight excluding hydrogens is 877 g/mol. The Morgan fingerprint density at radius 2 is 1.80 bits per heavy atom. The molecule has 7 atom stereocenters. The molecule has 5 aliphatic rings. The number of aromatic nitrogens is 3. The molecule has 4 heterocycles. The van der Waals surface area contributed by atoms with Crippen LogP contribution in [0.2, 0.25) is 0 Å². The molecule has 8 rings (SSSR count). The molecule has 15 nitrogen and oxygen atoms in total. The van der Waals surface area contributed by atoms with Crippen molar-refractivity contribution in [2.24, 2.45) is 17.8 Å².